The highest BCUT2D eigenvalue weighted by Gasteiger charge is 2.29. The molecule has 2 aromatic rings. The minimum absolute atomic E-state index is 0.00826. The number of hydrogen-bond acceptors (Lipinski definition) is 5. The Balaban J connectivity index is 1.62. The number of rotatable bonds is 8. The first-order chi connectivity index (χ1) is 14.8. The van der Waals surface area contributed by atoms with E-state index < -0.39 is 33.3 Å². The summed E-state index contributed by atoms with van der Waals surface area (Å²) in [5.41, 5.74) is 0.783. The van der Waals surface area contributed by atoms with Crippen LogP contribution < -0.4 is 10.1 Å². The van der Waals surface area contributed by atoms with Gasteiger partial charge in [0.2, 0.25) is 10.0 Å². The molecule has 1 fully saturated rings. The number of alkyl halides is 2. The Morgan fingerprint density at radius 2 is 1.81 bits per heavy atom. The van der Waals surface area contributed by atoms with Crippen molar-refractivity contribution in [1.29, 1.82) is 0 Å². The van der Waals surface area contributed by atoms with Crippen LogP contribution in [0.5, 0.6) is 5.75 Å². The lowest BCUT2D eigenvalue weighted by Crippen LogP contribution is -2.41. The smallest absolute Gasteiger partial charge is 0.387 e. The molecule has 1 heterocycles. The molecule has 1 saturated heterocycles. The summed E-state index contributed by atoms with van der Waals surface area (Å²) in [5, 5.41) is 2.63. The molecule has 0 bridgehead atoms. The Labute approximate surface area is 177 Å². The van der Waals surface area contributed by atoms with E-state index in [1.165, 1.54) is 18.2 Å². The van der Waals surface area contributed by atoms with E-state index in [9.17, 15) is 26.4 Å². The maximum atomic E-state index is 14.2. The van der Waals surface area contributed by atoms with Gasteiger partial charge in [0, 0.05) is 25.2 Å². The lowest BCUT2D eigenvalue weighted by atomic mass is 10.1. The van der Waals surface area contributed by atoms with E-state index >= 15 is 0 Å². The summed E-state index contributed by atoms with van der Waals surface area (Å²) in [4.78, 5) is 11.9. The first-order valence-electron chi connectivity index (χ1n) is 9.47. The van der Waals surface area contributed by atoms with Gasteiger partial charge in [-0.2, -0.15) is 13.1 Å². The maximum Gasteiger partial charge on any atom is 0.387 e. The molecule has 1 amide bonds. The van der Waals surface area contributed by atoms with Crippen molar-refractivity contribution in [2.45, 2.75) is 17.9 Å². The molecular weight excluding hydrogens is 437 g/mol. The lowest BCUT2D eigenvalue weighted by molar-refractivity contribution is -0.0498. The first-order valence-corrected chi connectivity index (χ1v) is 10.9. The van der Waals surface area contributed by atoms with Crippen LogP contribution in [0.1, 0.15) is 15.9 Å². The summed E-state index contributed by atoms with van der Waals surface area (Å²) < 4.78 is 74.5. The SMILES string of the molecule is O=C(NCCc1ccc(OC(F)F)cc1)c1ccc(F)c(S(=O)(=O)N2CCOCC2)c1. The van der Waals surface area contributed by atoms with Crippen molar-refractivity contribution in [1.82, 2.24) is 9.62 Å². The number of carbonyl (C=O) groups excluding carboxylic acids is 1. The molecule has 0 atom stereocenters. The topological polar surface area (TPSA) is 84.9 Å². The van der Waals surface area contributed by atoms with Crippen LogP contribution in [0.15, 0.2) is 47.4 Å². The highest BCUT2D eigenvalue weighted by molar-refractivity contribution is 7.89. The molecule has 0 aliphatic carbocycles. The van der Waals surface area contributed by atoms with Crippen molar-refractivity contribution in [3.05, 3.63) is 59.4 Å². The first kappa shape index (κ1) is 23.0. The van der Waals surface area contributed by atoms with Gasteiger partial charge in [-0.05, 0) is 42.3 Å². The van der Waals surface area contributed by atoms with Gasteiger partial charge >= 0.3 is 6.61 Å². The molecule has 1 aliphatic rings. The summed E-state index contributed by atoms with van der Waals surface area (Å²) in [5.74, 6) is -1.46. The second-order valence-electron chi connectivity index (χ2n) is 6.69. The fourth-order valence-corrected chi connectivity index (χ4v) is 4.53. The normalized spacial score (nSPS) is 15.1. The molecular formula is C20H21F3N2O5S. The van der Waals surface area contributed by atoms with Crippen LogP contribution in [0, 0.1) is 5.82 Å². The van der Waals surface area contributed by atoms with Crippen molar-refractivity contribution >= 4 is 15.9 Å². The van der Waals surface area contributed by atoms with Crippen molar-refractivity contribution in [3.8, 4) is 5.75 Å². The Kier molecular flexibility index (Phi) is 7.52. The van der Waals surface area contributed by atoms with E-state index in [-0.39, 0.29) is 44.2 Å². The molecule has 0 radical (unpaired) electrons. The number of carbonyl (C=O) groups is 1. The van der Waals surface area contributed by atoms with Gasteiger partial charge in [-0.3, -0.25) is 4.79 Å². The maximum absolute atomic E-state index is 14.2. The monoisotopic (exact) mass is 458 g/mol. The fourth-order valence-electron chi connectivity index (χ4n) is 3.03. The predicted molar refractivity (Wildman–Crippen MR) is 105 cm³/mol. The van der Waals surface area contributed by atoms with Gasteiger partial charge in [-0.1, -0.05) is 12.1 Å². The van der Waals surface area contributed by atoms with Crippen molar-refractivity contribution < 1.29 is 35.9 Å². The standard InChI is InChI=1S/C20H21F3N2O5S/c21-17-6-3-15(13-18(17)31(27,28)25-9-11-29-12-10-25)19(26)24-8-7-14-1-4-16(5-2-14)30-20(22)23/h1-6,13,20H,7-12H2,(H,24,26). The zero-order valence-electron chi connectivity index (χ0n) is 16.4. The number of morpholine rings is 1. The van der Waals surface area contributed by atoms with Crippen LogP contribution in [-0.4, -0.2) is 58.1 Å². The summed E-state index contributed by atoms with van der Waals surface area (Å²) in [6.07, 6.45) is 0.404. The molecule has 0 saturated carbocycles. The molecule has 3 rings (SSSR count). The Bertz CT molecular complexity index is 1010. The summed E-state index contributed by atoms with van der Waals surface area (Å²) in [6, 6.07) is 9.15. The molecule has 0 unspecified atom stereocenters. The van der Waals surface area contributed by atoms with E-state index in [4.69, 9.17) is 4.74 Å². The molecule has 0 aromatic heterocycles. The molecule has 31 heavy (non-hydrogen) atoms. The van der Waals surface area contributed by atoms with E-state index in [0.717, 1.165) is 22.0 Å². The van der Waals surface area contributed by atoms with E-state index in [2.05, 4.69) is 10.1 Å². The van der Waals surface area contributed by atoms with Crippen molar-refractivity contribution in [2.75, 3.05) is 32.8 Å². The van der Waals surface area contributed by atoms with Gasteiger partial charge in [0.1, 0.15) is 16.5 Å². The van der Waals surface area contributed by atoms with Crippen molar-refractivity contribution in [3.63, 3.8) is 0 Å². The lowest BCUT2D eigenvalue weighted by Gasteiger charge is -2.26. The minimum atomic E-state index is -4.09. The van der Waals surface area contributed by atoms with Gasteiger partial charge in [0.15, 0.2) is 0 Å². The number of hydrogen-bond donors (Lipinski definition) is 1. The minimum Gasteiger partial charge on any atom is -0.435 e. The van der Waals surface area contributed by atoms with E-state index in [1.54, 1.807) is 12.1 Å². The number of ether oxygens (including phenoxy) is 2. The largest absolute Gasteiger partial charge is 0.435 e. The Hall–Kier alpha value is -2.63. The fraction of sp³-hybridized carbons (Fsp3) is 0.350. The zero-order chi connectivity index (χ0) is 22.4. The number of halogens is 3. The van der Waals surface area contributed by atoms with Crippen LogP contribution in [0.4, 0.5) is 13.2 Å². The second-order valence-corrected chi connectivity index (χ2v) is 8.60. The summed E-state index contributed by atoms with van der Waals surface area (Å²) in [7, 11) is -4.09. The van der Waals surface area contributed by atoms with Crippen LogP contribution in [0.3, 0.4) is 0 Å². The molecule has 0 spiro atoms. The van der Waals surface area contributed by atoms with Gasteiger partial charge in [-0.25, -0.2) is 12.8 Å². The van der Waals surface area contributed by atoms with E-state index in [0.29, 0.717) is 6.42 Å². The Morgan fingerprint density at radius 3 is 2.45 bits per heavy atom. The molecule has 11 heteroatoms. The number of amides is 1. The third-order valence-corrected chi connectivity index (χ3v) is 6.54. The number of benzene rings is 2. The van der Waals surface area contributed by atoms with Crippen LogP contribution in [-0.2, 0) is 21.2 Å². The van der Waals surface area contributed by atoms with Crippen LogP contribution in [0.25, 0.3) is 0 Å². The van der Waals surface area contributed by atoms with Gasteiger partial charge in [0.25, 0.3) is 5.91 Å². The van der Waals surface area contributed by atoms with Gasteiger partial charge in [-0.15, -0.1) is 0 Å². The quantitative estimate of drug-likeness (QED) is 0.657. The number of nitrogens with one attached hydrogen (secondary N) is 1. The Morgan fingerprint density at radius 1 is 1.13 bits per heavy atom. The number of sulfonamides is 1. The van der Waals surface area contributed by atoms with Crippen LogP contribution in [0.2, 0.25) is 0 Å². The third kappa shape index (κ3) is 5.96. The molecule has 1 aliphatic heterocycles. The average Bonchev–Trinajstić information content (AvgIpc) is 2.75. The van der Waals surface area contributed by atoms with E-state index in [1.807, 2.05) is 0 Å². The zero-order valence-corrected chi connectivity index (χ0v) is 17.2. The highest BCUT2D eigenvalue weighted by atomic mass is 32.2. The second kappa shape index (κ2) is 10.1. The summed E-state index contributed by atoms with van der Waals surface area (Å²) >= 11 is 0. The third-order valence-electron chi connectivity index (χ3n) is 4.63. The van der Waals surface area contributed by atoms with Crippen molar-refractivity contribution in [2.24, 2.45) is 0 Å². The molecule has 168 valence electrons. The highest BCUT2D eigenvalue weighted by Crippen LogP contribution is 2.22. The average molecular weight is 458 g/mol. The molecule has 7 nitrogen and oxygen atoms in total. The summed E-state index contributed by atoms with van der Waals surface area (Å²) in [6.45, 7) is -2.04. The molecule has 2 aromatic carbocycles. The molecule has 1 N–H and O–H groups in total. The number of nitrogens with zero attached hydrogens (tertiary/aromatic N) is 1. The predicted octanol–water partition coefficient (Wildman–Crippen LogP) is 2.42. The van der Waals surface area contributed by atoms with Gasteiger partial charge in [0.05, 0.1) is 13.2 Å². The van der Waals surface area contributed by atoms with Gasteiger partial charge < -0.3 is 14.8 Å². The van der Waals surface area contributed by atoms with Crippen LogP contribution >= 0.6 is 0 Å².